The van der Waals surface area contributed by atoms with Crippen LogP contribution in [0.1, 0.15) is 51.2 Å². The molecule has 0 radical (unpaired) electrons. The molecule has 1 heterocycles. The number of aryl methyl sites for hydroxylation is 1. The van der Waals surface area contributed by atoms with E-state index < -0.39 is 5.60 Å². The minimum atomic E-state index is -0.876. The van der Waals surface area contributed by atoms with Gasteiger partial charge in [0.2, 0.25) is 0 Å². The third-order valence-corrected chi connectivity index (χ3v) is 3.98. The number of rotatable bonds is 5. The summed E-state index contributed by atoms with van der Waals surface area (Å²) in [6.45, 7) is 8.77. The van der Waals surface area contributed by atoms with E-state index in [2.05, 4.69) is 32.9 Å². The molecule has 0 aliphatic carbocycles. The lowest BCUT2D eigenvalue weighted by molar-refractivity contribution is 0.0191. The molecule has 1 aliphatic heterocycles. The average molecular weight is 286 g/mol. The smallest absolute Gasteiger partial charge is 0.130 e. The van der Waals surface area contributed by atoms with Gasteiger partial charge < -0.3 is 9.84 Å². The number of hydrogen-bond donors (Lipinski definition) is 1. The Morgan fingerprint density at radius 3 is 2.76 bits per heavy atom. The monoisotopic (exact) mass is 286 g/mol. The Morgan fingerprint density at radius 1 is 1.29 bits per heavy atom. The standard InChI is InChI=1S/C19H26O2/c1-14(2)6-5-7-15(3)10-11-19(20)13-21-18-9-8-16(4)12-17(18)19/h6,8-10,12,20H,5,7,11,13H2,1-4H3. The van der Waals surface area contributed by atoms with Crippen molar-refractivity contribution in [1.82, 2.24) is 0 Å². The third kappa shape index (κ3) is 3.98. The molecular weight excluding hydrogens is 260 g/mol. The fourth-order valence-electron chi connectivity index (χ4n) is 2.61. The third-order valence-electron chi connectivity index (χ3n) is 3.98. The first kappa shape index (κ1) is 15.8. The highest BCUT2D eigenvalue weighted by molar-refractivity contribution is 5.44. The van der Waals surface area contributed by atoms with Crippen molar-refractivity contribution in [2.75, 3.05) is 6.61 Å². The van der Waals surface area contributed by atoms with Crippen molar-refractivity contribution in [3.63, 3.8) is 0 Å². The van der Waals surface area contributed by atoms with E-state index >= 15 is 0 Å². The fourth-order valence-corrected chi connectivity index (χ4v) is 2.61. The second kappa shape index (κ2) is 6.48. The van der Waals surface area contributed by atoms with E-state index in [1.54, 1.807) is 0 Å². The van der Waals surface area contributed by atoms with Gasteiger partial charge in [-0.25, -0.2) is 0 Å². The molecule has 1 aromatic carbocycles. The first-order valence-corrected chi connectivity index (χ1v) is 7.66. The topological polar surface area (TPSA) is 29.5 Å². The van der Waals surface area contributed by atoms with Gasteiger partial charge in [0.1, 0.15) is 18.0 Å². The fraction of sp³-hybridized carbons (Fsp3) is 0.474. The van der Waals surface area contributed by atoms with Crippen molar-refractivity contribution in [2.45, 2.75) is 52.6 Å². The van der Waals surface area contributed by atoms with Crippen LogP contribution in [0.3, 0.4) is 0 Å². The van der Waals surface area contributed by atoms with Gasteiger partial charge in [-0.2, -0.15) is 0 Å². The number of fused-ring (bicyclic) bond motifs is 1. The lowest BCUT2D eigenvalue weighted by Gasteiger charge is -2.20. The van der Waals surface area contributed by atoms with Crippen LogP contribution in [-0.2, 0) is 5.60 Å². The Kier molecular flexibility index (Phi) is 4.89. The molecule has 1 unspecified atom stereocenters. The zero-order valence-corrected chi connectivity index (χ0v) is 13.6. The van der Waals surface area contributed by atoms with Gasteiger partial charge in [-0.3, -0.25) is 0 Å². The summed E-state index contributed by atoms with van der Waals surface area (Å²) in [5, 5.41) is 10.8. The van der Waals surface area contributed by atoms with Crippen molar-refractivity contribution in [2.24, 2.45) is 0 Å². The molecule has 1 aromatic rings. The van der Waals surface area contributed by atoms with Crippen LogP contribution in [0.4, 0.5) is 0 Å². The van der Waals surface area contributed by atoms with Crippen molar-refractivity contribution < 1.29 is 9.84 Å². The lowest BCUT2D eigenvalue weighted by Crippen LogP contribution is -2.26. The molecular formula is C19H26O2. The quantitative estimate of drug-likeness (QED) is 0.798. The van der Waals surface area contributed by atoms with E-state index in [1.165, 1.54) is 11.1 Å². The van der Waals surface area contributed by atoms with E-state index in [9.17, 15) is 5.11 Å². The minimum Gasteiger partial charge on any atom is -0.490 e. The van der Waals surface area contributed by atoms with Gasteiger partial charge in [-0.15, -0.1) is 0 Å². The van der Waals surface area contributed by atoms with Gasteiger partial charge in [0, 0.05) is 12.0 Å². The highest BCUT2D eigenvalue weighted by Crippen LogP contribution is 2.40. The second-order valence-corrected chi connectivity index (χ2v) is 6.39. The first-order chi connectivity index (χ1) is 9.90. The van der Waals surface area contributed by atoms with Crippen molar-refractivity contribution in [3.8, 4) is 5.75 Å². The van der Waals surface area contributed by atoms with E-state index in [0.29, 0.717) is 13.0 Å². The largest absolute Gasteiger partial charge is 0.490 e. The number of allylic oxidation sites excluding steroid dienone is 3. The van der Waals surface area contributed by atoms with Crippen LogP contribution in [-0.4, -0.2) is 11.7 Å². The molecule has 0 fully saturated rings. The molecule has 0 saturated carbocycles. The highest BCUT2D eigenvalue weighted by atomic mass is 16.5. The minimum absolute atomic E-state index is 0.351. The van der Waals surface area contributed by atoms with Gasteiger partial charge in [0.15, 0.2) is 0 Å². The Balaban J connectivity index is 2.04. The van der Waals surface area contributed by atoms with Gasteiger partial charge in [-0.05, 0) is 52.7 Å². The molecule has 2 heteroatoms. The molecule has 114 valence electrons. The number of aliphatic hydroxyl groups is 1. The summed E-state index contributed by atoms with van der Waals surface area (Å²) in [6, 6.07) is 6.01. The summed E-state index contributed by atoms with van der Waals surface area (Å²) >= 11 is 0. The van der Waals surface area contributed by atoms with Crippen molar-refractivity contribution >= 4 is 0 Å². The molecule has 0 aromatic heterocycles. The summed E-state index contributed by atoms with van der Waals surface area (Å²) in [7, 11) is 0. The maximum absolute atomic E-state index is 10.8. The summed E-state index contributed by atoms with van der Waals surface area (Å²) in [5.74, 6) is 0.818. The molecule has 0 spiro atoms. The molecule has 1 atom stereocenters. The van der Waals surface area contributed by atoms with Crippen molar-refractivity contribution in [1.29, 1.82) is 0 Å². The summed E-state index contributed by atoms with van der Waals surface area (Å²) in [5.41, 5.74) is 3.88. The average Bonchev–Trinajstić information content (AvgIpc) is 2.74. The van der Waals surface area contributed by atoms with Crippen LogP contribution in [0.15, 0.2) is 41.5 Å². The number of ether oxygens (including phenoxy) is 1. The molecule has 0 amide bonds. The summed E-state index contributed by atoms with van der Waals surface area (Å²) in [4.78, 5) is 0. The SMILES string of the molecule is CC(C)=CCCC(C)=CCC1(O)COc2ccc(C)cc21. The highest BCUT2D eigenvalue weighted by Gasteiger charge is 2.37. The van der Waals surface area contributed by atoms with Gasteiger partial charge >= 0.3 is 0 Å². The predicted molar refractivity (Wildman–Crippen MR) is 87.6 cm³/mol. The van der Waals surface area contributed by atoms with E-state index in [-0.39, 0.29) is 0 Å². The summed E-state index contributed by atoms with van der Waals surface area (Å²) < 4.78 is 5.63. The second-order valence-electron chi connectivity index (χ2n) is 6.39. The number of hydrogen-bond acceptors (Lipinski definition) is 2. The van der Waals surface area contributed by atoms with Crippen LogP contribution in [0.5, 0.6) is 5.75 Å². The predicted octanol–water partition coefficient (Wildman–Crippen LogP) is 4.66. The molecule has 2 rings (SSSR count). The normalized spacial score (nSPS) is 20.9. The Hall–Kier alpha value is -1.54. The zero-order chi connectivity index (χ0) is 15.5. The Labute approximate surface area is 128 Å². The lowest BCUT2D eigenvalue weighted by atomic mass is 9.90. The molecule has 1 N–H and O–H groups in total. The van der Waals surface area contributed by atoms with Crippen LogP contribution in [0, 0.1) is 6.92 Å². The van der Waals surface area contributed by atoms with E-state index in [0.717, 1.165) is 29.7 Å². The Bertz CT molecular complexity index is 565. The first-order valence-electron chi connectivity index (χ1n) is 7.66. The van der Waals surface area contributed by atoms with Gasteiger partial charge in [0.05, 0.1) is 0 Å². The maximum atomic E-state index is 10.8. The molecule has 2 nitrogen and oxygen atoms in total. The van der Waals surface area contributed by atoms with Crippen LogP contribution in [0.25, 0.3) is 0 Å². The Morgan fingerprint density at radius 2 is 2.05 bits per heavy atom. The van der Waals surface area contributed by atoms with Gasteiger partial charge in [-0.1, -0.05) is 34.9 Å². The van der Waals surface area contributed by atoms with Crippen LogP contribution < -0.4 is 4.74 Å². The zero-order valence-electron chi connectivity index (χ0n) is 13.6. The summed E-state index contributed by atoms with van der Waals surface area (Å²) in [6.07, 6.45) is 7.13. The molecule has 21 heavy (non-hydrogen) atoms. The molecule has 0 bridgehead atoms. The van der Waals surface area contributed by atoms with Crippen LogP contribution >= 0.6 is 0 Å². The van der Waals surface area contributed by atoms with E-state index in [1.807, 2.05) is 25.1 Å². The molecule has 1 aliphatic rings. The van der Waals surface area contributed by atoms with Crippen LogP contribution in [0.2, 0.25) is 0 Å². The number of benzene rings is 1. The van der Waals surface area contributed by atoms with Gasteiger partial charge in [0.25, 0.3) is 0 Å². The van der Waals surface area contributed by atoms with Crippen molar-refractivity contribution in [3.05, 3.63) is 52.6 Å². The molecule has 0 saturated heterocycles. The maximum Gasteiger partial charge on any atom is 0.130 e. The van der Waals surface area contributed by atoms with E-state index in [4.69, 9.17) is 4.74 Å².